The molecule has 0 aromatic carbocycles. The van der Waals surface area contributed by atoms with E-state index in [4.69, 9.17) is 9.47 Å². The highest BCUT2D eigenvalue weighted by atomic mass is 16.5. The largest absolute Gasteiger partial charge is 0.463 e. The summed E-state index contributed by atoms with van der Waals surface area (Å²) in [6, 6.07) is -0.417. The number of rotatable bonds is 12. The van der Waals surface area contributed by atoms with Crippen LogP contribution in [0.1, 0.15) is 47.0 Å². The molecule has 1 rings (SSSR count). The van der Waals surface area contributed by atoms with Gasteiger partial charge < -0.3 is 14.8 Å². The molecule has 1 aliphatic carbocycles. The van der Waals surface area contributed by atoms with Crippen LogP contribution in [-0.2, 0) is 19.1 Å². The van der Waals surface area contributed by atoms with Gasteiger partial charge in [-0.1, -0.05) is 26.0 Å². The average molecular weight is 393 g/mol. The molecule has 1 aliphatic rings. The first-order chi connectivity index (χ1) is 13.4. The minimum atomic E-state index is -0.413. The molecular weight excluding hydrogens is 356 g/mol. The lowest BCUT2D eigenvalue weighted by molar-refractivity contribution is -0.139. The predicted octanol–water partition coefficient (Wildman–Crippen LogP) is 3.00. The molecule has 28 heavy (non-hydrogen) atoms. The van der Waals surface area contributed by atoms with Gasteiger partial charge in [0.05, 0.1) is 24.9 Å². The molecule has 3 atom stereocenters. The van der Waals surface area contributed by atoms with Crippen molar-refractivity contribution in [3.05, 3.63) is 37.0 Å². The lowest BCUT2D eigenvalue weighted by Crippen LogP contribution is -2.59. The lowest BCUT2D eigenvalue weighted by atomic mass is 9.86. The highest BCUT2D eigenvalue weighted by Crippen LogP contribution is 2.28. The van der Waals surface area contributed by atoms with Crippen molar-refractivity contribution in [1.29, 1.82) is 0 Å². The van der Waals surface area contributed by atoms with E-state index >= 15 is 0 Å². The summed E-state index contributed by atoms with van der Waals surface area (Å²) in [7, 11) is 0. The standard InChI is InChI=1S/C22H36N2O4/c1-7-12-24(13-8-2)19-14-17(22(26)27-11-5)15-20(21(19)23-16(6)25)28-18(9-3)10-4/h7-8,15,18-21H,1-2,9-14H2,3-6H3,(H,23,25)/t19-,20+,21+/m1/s1. The number of amides is 1. The van der Waals surface area contributed by atoms with Gasteiger partial charge in [0.2, 0.25) is 5.91 Å². The molecule has 158 valence electrons. The Bertz CT molecular complexity index is 559. The fourth-order valence-corrected chi connectivity index (χ4v) is 3.59. The maximum atomic E-state index is 12.5. The first-order valence-electron chi connectivity index (χ1n) is 10.2. The molecule has 0 saturated carbocycles. The first-order valence-corrected chi connectivity index (χ1v) is 10.2. The van der Waals surface area contributed by atoms with Crippen molar-refractivity contribution in [1.82, 2.24) is 10.2 Å². The summed E-state index contributed by atoms with van der Waals surface area (Å²) in [5, 5.41) is 3.05. The van der Waals surface area contributed by atoms with Gasteiger partial charge in [0, 0.05) is 31.6 Å². The van der Waals surface area contributed by atoms with Gasteiger partial charge in [0.1, 0.15) is 0 Å². The van der Waals surface area contributed by atoms with Crippen LogP contribution in [0, 0.1) is 0 Å². The number of carbonyl (C=O) groups is 2. The second kappa shape index (κ2) is 12.5. The van der Waals surface area contributed by atoms with Gasteiger partial charge in [-0.25, -0.2) is 4.79 Å². The molecule has 0 bridgehead atoms. The molecule has 0 aromatic rings. The smallest absolute Gasteiger partial charge is 0.333 e. The Morgan fingerprint density at radius 3 is 2.32 bits per heavy atom. The van der Waals surface area contributed by atoms with E-state index in [-0.39, 0.29) is 30.1 Å². The molecule has 0 aromatic heterocycles. The lowest BCUT2D eigenvalue weighted by Gasteiger charge is -2.43. The average Bonchev–Trinajstić information content (AvgIpc) is 2.66. The number of ether oxygens (including phenoxy) is 2. The normalized spacial score (nSPS) is 21.9. The summed E-state index contributed by atoms with van der Waals surface area (Å²) in [5.41, 5.74) is 0.586. The molecule has 6 nitrogen and oxygen atoms in total. The van der Waals surface area contributed by atoms with Gasteiger partial charge in [-0.15, -0.1) is 13.2 Å². The van der Waals surface area contributed by atoms with Crippen LogP contribution in [0.25, 0.3) is 0 Å². The monoisotopic (exact) mass is 392 g/mol. The zero-order chi connectivity index (χ0) is 21.1. The van der Waals surface area contributed by atoms with Gasteiger partial charge in [0.25, 0.3) is 0 Å². The summed E-state index contributed by atoms with van der Waals surface area (Å²) in [6.45, 7) is 16.7. The molecule has 0 fully saturated rings. The Morgan fingerprint density at radius 2 is 1.86 bits per heavy atom. The SMILES string of the molecule is C=CCN(CC=C)[C@@H]1CC(C(=O)OCC)=C[C@H](OC(CC)CC)[C@H]1NC(C)=O. The molecule has 0 radical (unpaired) electrons. The maximum Gasteiger partial charge on any atom is 0.333 e. The minimum Gasteiger partial charge on any atom is -0.463 e. The van der Waals surface area contributed by atoms with Gasteiger partial charge in [-0.3, -0.25) is 9.69 Å². The van der Waals surface area contributed by atoms with Crippen LogP contribution in [0.4, 0.5) is 0 Å². The van der Waals surface area contributed by atoms with Crippen LogP contribution >= 0.6 is 0 Å². The van der Waals surface area contributed by atoms with Crippen molar-refractivity contribution in [2.24, 2.45) is 0 Å². The van der Waals surface area contributed by atoms with Crippen LogP contribution in [-0.4, -0.2) is 60.8 Å². The maximum absolute atomic E-state index is 12.5. The number of hydrogen-bond donors (Lipinski definition) is 1. The summed E-state index contributed by atoms with van der Waals surface area (Å²) < 4.78 is 11.6. The minimum absolute atomic E-state index is 0.0481. The molecule has 0 saturated heterocycles. The Hall–Kier alpha value is -1.92. The van der Waals surface area contributed by atoms with Crippen molar-refractivity contribution >= 4 is 11.9 Å². The number of esters is 1. The Labute approximate surface area is 169 Å². The zero-order valence-electron chi connectivity index (χ0n) is 17.8. The van der Waals surface area contributed by atoms with Crippen LogP contribution in [0.5, 0.6) is 0 Å². The van der Waals surface area contributed by atoms with Crippen molar-refractivity contribution < 1.29 is 19.1 Å². The highest BCUT2D eigenvalue weighted by molar-refractivity contribution is 5.89. The molecule has 0 spiro atoms. The first kappa shape index (κ1) is 24.1. The van der Waals surface area contributed by atoms with Crippen LogP contribution < -0.4 is 5.32 Å². The van der Waals surface area contributed by atoms with E-state index in [0.29, 0.717) is 31.7 Å². The molecule has 6 heteroatoms. The van der Waals surface area contributed by atoms with Crippen molar-refractivity contribution in [3.63, 3.8) is 0 Å². The zero-order valence-corrected chi connectivity index (χ0v) is 17.8. The number of nitrogens with one attached hydrogen (secondary N) is 1. The molecule has 0 heterocycles. The Kier molecular flexibility index (Phi) is 10.8. The third kappa shape index (κ3) is 6.91. The van der Waals surface area contributed by atoms with Crippen molar-refractivity contribution in [2.45, 2.75) is 71.2 Å². The van der Waals surface area contributed by atoms with Crippen LogP contribution in [0.2, 0.25) is 0 Å². The third-order valence-electron chi connectivity index (χ3n) is 4.93. The number of carbonyl (C=O) groups excluding carboxylic acids is 2. The second-order valence-corrected chi connectivity index (χ2v) is 6.98. The molecule has 0 unspecified atom stereocenters. The Balaban J connectivity index is 3.34. The number of nitrogens with zero attached hydrogens (tertiary/aromatic N) is 1. The van der Waals surface area contributed by atoms with E-state index in [2.05, 4.69) is 37.2 Å². The van der Waals surface area contributed by atoms with E-state index in [1.807, 2.05) is 18.2 Å². The summed E-state index contributed by atoms with van der Waals surface area (Å²) in [6.07, 6.45) is 7.27. The Morgan fingerprint density at radius 1 is 1.25 bits per heavy atom. The molecule has 0 aliphatic heterocycles. The van der Waals surface area contributed by atoms with E-state index in [1.165, 1.54) is 6.92 Å². The summed E-state index contributed by atoms with van der Waals surface area (Å²) >= 11 is 0. The summed E-state index contributed by atoms with van der Waals surface area (Å²) in [5.74, 6) is -0.456. The summed E-state index contributed by atoms with van der Waals surface area (Å²) in [4.78, 5) is 26.6. The highest BCUT2D eigenvalue weighted by Gasteiger charge is 2.40. The fourth-order valence-electron chi connectivity index (χ4n) is 3.59. The predicted molar refractivity (Wildman–Crippen MR) is 112 cm³/mol. The van der Waals surface area contributed by atoms with E-state index in [0.717, 1.165) is 12.8 Å². The van der Waals surface area contributed by atoms with Crippen molar-refractivity contribution in [2.75, 3.05) is 19.7 Å². The van der Waals surface area contributed by atoms with Crippen LogP contribution in [0.15, 0.2) is 37.0 Å². The topological polar surface area (TPSA) is 67.9 Å². The van der Waals surface area contributed by atoms with Gasteiger partial charge >= 0.3 is 5.97 Å². The van der Waals surface area contributed by atoms with E-state index in [1.54, 1.807) is 6.92 Å². The molecular formula is C22H36N2O4. The van der Waals surface area contributed by atoms with Crippen molar-refractivity contribution in [3.8, 4) is 0 Å². The van der Waals surface area contributed by atoms with Gasteiger partial charge in [-0.05, 0) is 32.3 Å². The fraction of sp³-hybridized carbons (Fsp3) is 0.636. The quantitative estimate of drug-likeness (QED) is 0.408. The van der Waals surface area contributed by atoms with E-state index in [9.17, 15) is 9.59 Å². The van der Waals surface area contributed by atoms with E-state index < -0.39 is 6.10 Å². The van der Waals surface area contributed by atoms with Crippen LogP contribution in [0.3, 0.4) is 0 Å². The van der Waals surface area contributed by atoms with Gasteiger partial charge in [0.15, 0.2) is 0 Å². The second-order valence-electron chi connectivity index (χ2n) is 6.98. The third-order valence-corrected chi connectivity index (χ3v) is 4.93. The molecule has 1 amide bonds. The van der Waals surface area contributed by atoms with Gasteiger partial charge in [-0.2, -0.15) is 0 Å². The number of hydrogen-bond acceptors (Lipinski definition) is 5. The molecule has 1 N–H and O–H groups in total.